The molecule has 1 aromatic heterocycles. The summed E-state index contributed by atoms with van der Waals surface area (Å²) in [5.41, 5.74) is 0.989. The molecule has 0 aliphatic carbocycles. The van der Waals surface area contributed by atoms with Crippen LogP contribution in [0.15, 0.2) is 0 Å². The van der Waals surface area contributed by atoms with Crippen LogP contribution in [0, 0.1) is 19.8 Å². The van der Waals surface area contributed by atoms with Gasteiger partial charge in [0.05, 0.1) is 21.7 Å². The van der Waals surface area contributed by atoms with E-state index in [1.54, 1.807) is 11.3 Å². The van der Waals surface area contributed by atoms with Crippen LogP contribution in [-0.2, 0) is 0 Å². The predicted octanol–water partition coefficient (Wildman–Crippen LogP) is 3.23. The van der Waals surface area contributed by atoms with Crippen LogP contribution in [0.5, 0.6) is 0 Å². The lowest BCUT2D eigenvalue weighted by atomic mass is 9.98. The number of aliphatic hydroxyl groups is 1. The summed E-state index contributed by atoms with van der Waals surface area (Å²) in [7, 11) is 0. The van der Waals surface area contributed by atoms with Crippen LogP contribution < -0.4 is 0 Å². The van der Waals surface area contributed by atoms with E-state index in [1.165, 1.54) is 0 Å². The van der Waals surface area contributed by atoms with Crippen molar-refractivity contribution in [1.82, 2.24) is 4.98 Å². The first-order valence-electron chi connectivity index (χ1n) is 5.18. The van der Waals surface area contributed by atoms with Crippen molar-refractivity contribution in [3.63, 3.8) is 0 Å². The summed E-state index contributed by atoms with van der Waals surface area (Å²) in [6.45, 7) is 8.20. The normalized spacial score (nSPS) is 15.5. The van der Waals surface area contributed by atoms with E-state index in [4.69, 9.17) is 0 Å². The minimum atomic E-state index is -0.332. The van der Waals surface area contributed by atoms with Gasteiger partial charge in [0.1, 0.15) is 0 Å². The number of rotatable bonds is 4. The summed E-state index contributed by atoms with van der Waals surface area (Å²) in [5.74, 6) is 0.332. The molecule has 2 unspecified atom stereocenters. The lowest BCUT2D eigenvalue weighted by Gasteiger charge is -2.16. The molecule has 1 heterocycles. The molecule has 0 amide bonds. The minimum Gasteiger partial charge on any atom is -0.387 e. The topological polar surface area (TPSA) is 33.1 Å². The number of aromatic nitrogens is 1. The Morgan fingerprint density at radius 2 is 2.07 bits per heavy atom. The Balaban J connectivity index is 2.77. The Hall–Kier alpha value is -0.410. The second-order valence-corrected chi connectivity index (χ2v) is 5.13. The van der Waals surface area contributed by atoms with E-state index in [0.717, 1.165) is 28.4 Å². The molecule has 0 radical (unpaired) electrons. The molecule has 1 rings (SSSR count). The quantitative estimate of drug-likeness (QED) is 0.833. The van der Waals surface area contributed by atoms with Crippen molar-refractivity contribution < 1.29 is 5.11 Å². The highest BCUT2D eigenvalue weighted by atomic mass is 32.1. The van der Waals surface area contributed by atoms with Gasteiger partial charge in [-0.3, -0.25) is 0 Å². The molecule has 80 valence electrons. The molecule has 1 N–H and O–H groups in total. The van der Waals surface area contributed by atoms with E-state index in [9.17, 15) is 5.11 Å². The van der Waals surface area contributed by atoms with Crippen LogP contribution in [0.2, 0.25) is 0 Å². The van der Waals surface area contributed by atoms with Gasteiger partial charge in [0.25, 0.3) is 0 Å². The van der Waals surface area contributed by atoms with E-state index in [-0.39, 0.29) is 6.10 Å². The first-order valence-corrected chi connectivity index (χ1v) is 5.99. The third-order valence-electron chi connectivity index (χ3n) is 2.49. The molecule has 0 saturated carbocycles. The van der Waals surface area contributed by atoms with Crippen molar-refractivity contribution in [1.29, 1.82) is 0 Å². The fraction of sp³-hybridized carbons (Fsp3) is 0.727. The Labute approximate surface area is 90.0 Å². The smallest absolute Gasteiger partial charge is 0.0926 e. The summed E-state index contributed by atoms with van der Waals surface area (Å²) in [5, 5.41) is 11.1. The van der Waals surface area contributed by atoms with E-state index in [1.807, 2.05) is 13.8 Å². The van der Waals surface area contributed by atoms with Crippen molar-refractivity contribution in [3.8, 4) is 0 Å². The first-order chi connectivity index (χ1) is 6.56. The van der Waals surface area contributed by atoms with Crippen LogP contribution in [0.3, 0.4) is 0 Å². The van der Waals surface area contributed by atoms with Gasteiger partial charge >= 0.3 is 0 Å². The summed E-state index contributed by atoms with van der Waals surface area (Å²) < 4.78 is 0. The van der Waals surface area contributed by atoms with Gasteiger partial charge in [0.15, 0.2) is 0 Å². The summed E-state index contributed by atoms with van der Waals surface area (Å²) in [4.78, 5) is 5.38. The monoisotopic (exact) mass is 213 g/mol. The van der Waals surface area contributed by atoms with Gasteiger partial charge in [-0.25, -0.2) is 4.98 Å². The van der Waals surface area contributed by atoms with Crippen molar-refractivity contribution in [2.75, 3.05) is 0 Å². The maximum atomic E-state index is 10.1. The molecular weight excluding hydrogens is 194 g/mol. The van der Waals surface area contributed by atoms with Crippen LogP contribution in [0.4, 0.5) is 0 Å². The standard InChI is InChI=1S/C11H19NOS/c1-5-6-7(2)10(13)11-8(3)12-9(4)14-11/h7,10,13H,5-6H2,1-4H3. The average molecular weight is 213 g/mol. The number of aliphatic hydroxyl groups excluding tert-OH is 1. The molecule has 0 saturated heterocycles. The van der Waals surface area contributed by atoms with E-state index in [0.29, 0.717) is 5.92 Å². The van der Waals surface area contributed by atoms with E-state index >= 15 is 0 Å². The van der Waals surface area contributed by atoms with Crippen LogP contribution in [0.25, 0.3) is 0 Å². The first kappa shape index (κ1) is 11.7. The van der Waals surface area contributed by atoms with Crippen LogP contribution in [-0.4, -0.2) is 10.1 Å². The molecule has 0 aliphatic heterocycles. The molecule has 0 spiro atoms. The molecule has 2 nitrogen and oxygen atoms in total. The molecule has 1 aromatic rings. The zero-order valence-electron chi connectivity index (χ0n) is 9.37. The fourth-order valence-corrected chi connectivity index (χ4v) is 2.74. The number of aryl methyl sites for hydroxylation is 2. The van der Waals surface area contributed by atoms with Crippen LogP contribution in [0.1, 0.15) is 48.4 Å². The molecule has 3 heteroatoms. The van der Waals surface area contributed by atoms with Crippen molar-refractivity contribution in [3.05, 3.63) is 15.6 Å². The van der Waals surface area contributed by atoms with Crippen molar-refractivity contribution in [2.24, 2.45) is 5.92 Å². The lowest BCUT2D eigenvalue weighted by molar-refractivity contribution is 0.115. The van der Waals surface area contributed by atoms with Gasteiger partial charge in [-0.05, 0) is 26.2 Å². The summed E-state index contributed by atoms with van der Waals surface area (Å²) in [6.07, 6.45) is 1.85. The Morgan fingerprint density at radius 3 is 2.50 bits per heavy atom. The predicted molar refractivity (Wildman–Crippen MR) is 60.6 cm³/mol. The Morgan fingerprint density at radius 1 is 1.43 bits per heavy atom. The molecule has 14 heavy (non-hydrogen) atoms. The van der Waals surface area contributed by atoms with E-state index < -0.39 is 0 Å². The van der Waals surface area contributed by atoms with Crippen molar-refractivity contribution >= 4 is 11.3 Å². The van der Waals surface area contributed by atoms with Gasteiger partial charge in [0, 0.05) is 0 Å². The lowest BCUT2D eigenvalue weighted by Crippen LogP contribution is -2.08. The second kappa shape index (κ2) is 4.89. The second-order valence-electron chi connectivity index (χ2n) is 3.89. The molecule has 0 aliphatic rings. The highest BCUT2D eigenvalue weighted by molar-refractivity contribution is 7.11. The third-order valence-corrected chi connectivity index (χ3v) is 3.63. The summed E-state index contributed by atoms with van der Waals surface area (Å²) in [6, 6.07) is 0. The number of hydrogen-bond donors (Lipinski definition) is 1. The van der Waals surface area contributed by atoms with Gasteiger partial charge in [-0.15, -0.1) is 11.3 Å². The third kappa shape index (κ3) is 2.55. The van der Waals surface area contributed by atoms with Crippen LogP contribution >= 0.6 is 11.3 Å². The molecule has 0 aromatic carbocycles. The Kier molecular flexibility index (Phi) is 4.08. The van der Waals surface area contributed by atoms with Gasteiger partial charge < -0.3 is 5.11 Å². The number of hydrogen-bond acceptors (Lipinski definition) is 3. The zero-order chi connectivity index (χ0) is 10.7. The number of nitrogens with zero attached hydrogens (tertiary/aromatic N) is 1. The van der Waals surface area contributed by atoms with E-state index in [2.05, 4.69) is 18.8 Å². The Bertz CT molecular complexity index is 295. The molecule has 0 bridgehead atoms. The molecular formula is C11H19NOS. The maximum Gasteiger partial charge on any atom is 0.0926 e. The molecule has 0 fully saturated rings. The zero-order valence-corrected chi connectivity index (χ0v) is 10.2. The SMILES string of the molecule is CCCC(C)C(O)c1sc(C)nc1C. The fourth-order valence-electron chi connectivity index (χ4n) is 1.69. The van der Waals surface area contributed by atoms with Crippen molar-refractivity contribution in [2.45, 2.75) is 46.6 Å². The average Bonchev–Trinajstić information content (AvgIpc) is 2.44. The van der Waals surface area contributed by atoms with Gasteiger partial charge in [-0.1, -0.05) is 20.3 Å². The maximum absolute atomic E-state index is 10.1. The largest absolute Gasteiger partial charge is 0.387 e. The highest BCUT2D eigenvalue weighted by Gasteiger charge is 2.20. The minimum absolute atomic E-state index is 0.332. The molecule has 2 atom stereocenters. The van der Waals surface area contributed by atoms with Gasteiger partial charge in [-0.2, -0.15) is 0 Å². The summed E-state index contributed by atoms with van der Waals surface area (Å²) >= 11 is 1.62. The highest BCUT2D eigenvalue weighted by Crippen LogP contribution is 2.31. The number of thiazole rings is 1. The van der Waals surface area contributed by atoms with Gasteiger partial charge in [0.2, 0.25) is 0 Å².